The monoisotopic (exact) mass is 328 g/mol. The second kappa shape index (κ2) is 5.64. The van der Waals surface area contributed by atoms with E-state index in [1.807, 2.05) is 0 Å². The maximum Gasteiger partial charge on any atom is 0.417 e. The maximum absolute atomic E-state index is 13.2. The Kier molecular flexibility index (Phi) is 3.82. The molecule has 0 aliphatic carbocycles. The highest BCUT2D eigenvalue weighted by molar-refractivity contribution is 6.30. The number of halogens is 4. The molecule has 1 N–H and O–H groups in total. The first-order valence-electron chi connectivity index (χ1n) is 6.63. The normalized spacial score (nSPS) is 18.7. The summed E-state index contributed by atoms with van der Waals surface area (Å²) >= 11 is 5.86. The Balaban J connectivity index is 2.08. The molecule has 2 heterocycles. The fourth-order valence-electron chi connectivity index (χ4n) is 2.49. The van der Waals surface area contributed by atoms with Crippen LogP contribution in [0.5, 0.6) is 0 Å². The Morgan fingerprint density at radius 3 is 2.73 bits per heavy atom. The molecule has 22 heavy (non-hydrogen) atoms. The third-order valence-electron chi connectivity index (χ3n) is 3.44. The van der Waals surface area contributed by atoms with Crippen LogP contribution in [-0.2, 0) is 6.18 Å². The van der Waals surface area contributed by atoms with Crippen molar-refractivity contribution < 1.29 is 13.2 Å². The summed E-state index contributed by atoms with van der Waals surface area (Å²) in [6.45, 7) is 0.555. The van der Waals surface area contributed by atoms with Crippen LogP contribution in [0.15, 0.2) is 41.8 Å². The Labute approximate surface area is 129 Å². The van der Waals surface area contributed by atoms with E-state index in [-0.39, 0.29) is 5.56 Å². The zero-order valence-corrected chi connectivity index (χ0v) is 12.1. The average molecular weight is 329 g/mol. The number of benzene rings is 1. The highest BCUT2D eigenvalue weighted by Crippen LogP contribution is 2.34. The second-order valence-electron chi connectivity index (χ2n) is 4.89. The molecule has 0 bridgehead atoms. The van der Waals surface area contributed by atoms with Gasteiger partial charge in [-0.2, -0.15) is 23.4 Å². The summed E-state index contributed by atoms with van der Waals surface area (Å²) < 4.78 is 41.2. The van der Waals surface area contributed by atoms with Gasteiger partial charge >= 0.3 is 6.18 Å². The molecular formula is C14H12ClF3N4. The summed E-state index contributed by atoms with van der Waals surface area (Å²) in [4.78, 5) is 0. The quantitative estimate of drug-likeness (QED) is 0.917. The number of aromatic nitrogens is 2. The lowest BCUT2D eigenvalue weighted by Crippen LogP contribution is -2.32. The second-order valence-corrected chi connectivity index (χ2v) is 5.33. The molecule has 0 saturated heterocycles. The third-order valence-corrected chi connectivity index (χ3v) is 3.64. The SMILES string of the molecule is FC(F)(F)c1ccccc1C1=NNCCC1n1cc(Cl)cn1. The van der Waals surface area contributed by atoms with Crippen molar-refractivity contribution in [1.82, 2.24) is 15.2 Å². The van der Waals surface area contributed by atoms with E-state index in [4.69, 9.17) is 11.6 Å². The van der Waals surface area contributed by atoms with E-state index in [2.05, 4.69) is 15.6 Å². The van der Waals surface area contributed by atoms with E-state index in [1.54, 1.807) is 16.9 Å². The van der Waals surface area contributed by atoms with Crippen molar-refractivity contribution in [3.05, 3.63) is 52.8 Å². The van der Waals surface area contributed by atoms with Crippen molar-refractivity contribution in [1.29, 1.82) is 0 Å². The maximum atomic E-state index is 13.2. The molecule has 4 nitrogen and oxygen atoms in total. The van der Waals surface area contributed by atoms with Crippen LogP contribution < -0.4 is 5.43 Å². The van der Waals surface area contributed by atoms with E-state index in [0.717, 1.165) is 6.07 Å². The molecule has 8 heteroatoms. The van der Waals surface area contributed by atoms with Crippen LogP contribution in [0.25, 0.3) is 0 Å². The van der Waals surface area contributed by atoms with Crippen LogP contribution in [-0.4, -0.2) is 22.0 Å². The summed E-state index contributed by atoms with van der Waals surface area (Å²) in [6.07, 6.45) is -0.827. The minimum absolute atomic E-state index is 0.0545. The number of hydrogen-bond acceptors (Lipinski definition) is 3. The van der Waals surface area contributed by atoms with Gasteiger partial charge in [0, 0.05) is 18.3 Å². The minimum atomic E-state index is -4.44. The predicted molar refractivity (Wildman–Crippen MR) is 76.9 cm³/mol. The minimum Gasteiger partial charge on any atom is -0.310 e. The molecular weight excluding hydrogens is 317 g/mol. The largest absolute Gasteiger partial charge is 0.417 e. The first kappa shape index (κ1) is 14.9. The lowest BCUT2D eigenvalue weighted by molar-refractivity contribution is -0.137. The number of alkyl halides is 3. The molecule has 3 rings (SSSR count). The fraction of sp³-hybridized carbons (Fsp3) is 0.286. The van der Waals surface area contributed by atoms with Gasteiger partial charge in [-0.15, -0.1) is 0 Å². The van der Waals surface area contributed by atoms with Crippen molar-refractivity contribution in [2.75, 3.05) is 6.54 Å². The first-order valence-corrected chi connectivity index (χ1v) is 7.01. The fourth-order valence-corrected chi connectivity index (χ4v) is 2.63. The predicted octanol–water partition coefficient (Wildman–Crippen LogP) is 3.49. The topological polar surface area (TPSA) is 42.2 Å². The summed E-state index contributed by atoms with van der Waals surface area (Å²) in [7, 11) is 0. The van der Waals surface area contributed by atoms with E-state index < -0.39 is 17.8 Å². The molecule has 2 aromatic rings. The molecule has 1 aromatic carbocycles. The van der Waals surface area contributed by atoms with Crippen LogP contribution in [0, 0.1) is 0 Å². The molecule has 0 spiro atoms. The summed E-state index contributed by atoms with van der Waals surface area (Å²) in [5, 5.41) is 8.64. The van der Waals surface area contributed by atoms with Crippen molar-refractivity contribution in [2.24, 2.45) is 5.10 Å². The lowest BCUT2D eigenvalue weighted by Gasteiger charge is -2.26. The van der Waals surface area contributed by atoms with Crippen LogP contribution in [0.1, 0.15) is 23.6 Å². The van der Waals surface area contributed by atoms with Gasteiger partial charge < -0.3 is 5.43 Å². The Morgan fingerprint density at radius 1 is 1.27 bits per heavy atom. The van der Waals surface area contributed by atoms with Gasteiger partial charge in [0.15, 0.2) is 0 Å². The zero-order chi connectivity index (χ0) is 15.7. The Morgan fingerprint density at radius 2 is 2.05 bits per heavy atom. The Hall–Kier alpha value is -2.02. The van der Waals surface area contributed by atoms with Crippen molar-refractivity contribution >= 4 is 17.3 Å². The summed E-state index contributed by atoms with van der Waals surface area (Å²) in [5.41, 5.74) is 2.42. The number of hydrogen-bond donors (Lipinski definition) is 1. The molecule has 1 aromatic heterocycles. The molecule has 0 saturated carbocycles. The van der Waals surface area contributed by atoms with Crippen molar-refractivity contribution in [3.63, 3.8) is 0 Å². The highest BCUT2D eigenvalue weighted by Gasteiger charge is 2.36. The average Bonchev–Trinajstić information content (AvgIpc) is 2.93. The van der Waals surface area contributed by atoms with E-state index >= 15 is 0 Å². The molecule has 1 aliphatic rings. The third kappa shape index (κ3) is 2.81. The van der Waals surface area contributed by atoms with Gasteiger partial charge in [-0.1, -0.05) is 29.8 Å². The molecule has 116 valence electrons. The zero-order valence-electron chi connectivity index (χ0n) is 11.3. The van der Waals surface area contributed by atoms with Crippen LogP contribution >= 0.6 is 11.6 Å². The summed E-state index contributed by atoms with van der Waals surface area (Å²) in [6, 6.07) is 5.02. The standard InChI is InChI=1S/C14H12ClF3N4/c15-9-7-20-22(8-9)12-5-6-19-21-13(12)10-3-1-2-4-11(10)14(16,17)18/h1-4,7-8,12,19H,5-6H2. The molecule has 1 atom stereocenters. The van der Waals surface area contributed by atoms with Gasteiger partial charge in [0.1, 0.15) is 0 Å². The smallest absolute Gasteiger partial charge is 0.310 e. The molecule has 0 amide bonds. The van der Waals surface area contributed by atoms with Crippen LogP contribution in [0.2, 0.25) is 5.02 Å². The lowest BCUT2D eigenvalue weighted by atomic mass is 9.95. The number of hydrazone groups is 1. The van der Waals surface area contributed by atoms with E-state index in [9.17, 15) is 13.2 Å². The molecule has 0 fully saturated rings. The Bertz CT molecular complexity index is 708. The number of nitrogens with zero attached hydrogens (tertiary/aromatic N) is 3. The van der Waals surface area contributed by atoms with E-state index in [0.29, 0.717) is 23.7 Å². The van der Waals surface area contributed by atoms with Gasteiger partial charge in [-0.25, -0.2) is 0 Å². The van der Waals surface area contributed by atoms with Crippen LogP contribution in [0.4, 0.5) is 13.2 Å². The van der Waals surface area contributed by atoms with Gasteiger partial charge in [0.05, 0.1) is 28.5 Å². The van der Waals surface area contributed by atoms with Crippen molar-refractivity contribution in [3.8, 4) is 0 Å². The van der Waals surface area contributed by atoms with Crippen molar-refractivity contribution in [2.45, 2.75) is 18.6 Å². The van der Waals surface area contributed by atoms with Gasteiger partial charge in [-0.05, 0) is 12.5 Å². The van der Waals surface area contributed by atoms with Crippen LogP contribution in [0.3, 0.4) is 0 Å². The van der Waals surface area contributed by atoms with Gasteiger partial charge in [0.25, 0.3) is 0 Å². The number of rotatable bonds is 2. The highest BCUT2D eigenvalue weighted by atomic mass is 35.5. The molecule has 1 aliphatic heterocycles. The molecule has 1 unspecified atom stereocenters. The van der Waals surface area contributed by atoms with E-state index in [1.165, 1.54) is 18.3 Å². The van der Waals surface area contributed by atoms with Gasteiger partial charge in [-0.3, -0.25) is 4.68 Å². The van der Waals surface area contributed by atoms with Gasteiger partial charge in [0.2, 0.25) is 0 Å². The first-order chi connectivity index (χ1) is 10.5. The summed E-state index contributed by atoms with van der Waals surface area (Å²) in [5.74, 6) is 0. The number of nitrogens with one attached hydrogen (secondary N) is 1. The molecule has 0 radical (unpaired) electrons.